The van der Waals surface area contributed by atoms with Crippen LogP contribution in [0.5, 0.6) is 11.5 Å². The summed E-state index contributed by atoms with van der Waals surface area (Å²) in [6.07, 6.45) is 8.82. The van der Waals surface area contributed by atoms with Crippen molar-refractivity contribution < 1.29 is 29.1 Å². The Bertz CT molecular complexity index is 921. The zero-order valence-electron chi connectivity index (χ0n) is 19.3. The zero-order chi connectivity index (χ0) is 23.5. The summed E-state index contributed by atoms with van der Waals surface area (Å²) in [4.78, 5) is 0. The number of aryl methyl sites for hydroxylation is 4. The molecule has 8 heteroatoms. The normalized spacial score (nSPS) is 10.5. The average Bonchev–Trinajstić information content (AvgIpc) is 3.20. The molecule has 0 aliphatic rings. The maximum absolute atomic E-state index is 11.7. The van der Waals surface area contributed by atoms with Gasteiger partial charge < -0.3 is 24.5 Å². The molecule has 0 radical (unpaired) electrons. The predicted octanol–water partition coefficient (Wildman–Crippen LogP) is 2.91. The highest BCUT2D eigenvalue weighted by molar-refractivity contribution is 6.32. The number of hydrogen-bond acceptors (Lipinski definition) is 5. The molecule has 0 saturated heterocycles. The van der Waals surface area contributed by atoms with E-state index in [4.69, 9.17) is 9.31 Å². The lowest BCUT2D eigenvalue weighted by Crippen LogP contribution is -2.37. The molecule has 2 aromatic carbocycles. The van der Waals surface area contributed by atoms with Gasteiger partial charge in [-0.25, -0.2) is 9.13 Å². The number of phenols is 2. The molecule has 0 bridgehead atoms. The Morgan fingerprint density at radius 1 is 0.969 bits per heavy atom. The van der Waals surface area contributed by atoms with E-state index in [1.165, 1.54) is 12.8 Å². The number of rotatable bonds is 9. The third kappa shape index (κ3) is 8.03. The van der Waals surface area contributed by atoms with Crippen LogP contribution in [-0.2, 0) is 36.1 Å². The molecule has 3 aromatic rings. The summed E-state index contributed by atoms with van der Waals surface area (Å²) < 4.78 is 14.3. The Labute approximate surface area is 190 Å². The molecule has 0 aliphatic carbocycles. The van der Waals surface area contributed by atoms with Gasteiger partial charge in [0.15, 0.2) is 0 Å². The van der Waals surface area contributed by atoms with Crippen LogP contribution in [0.2, 0.25) is 0 Å². The third-order valence-electron chi connectivity index (χ3n) is 4.99. The van der Waals surface area contributed by atoms with Crippen LogP contribution in [-0.4, -0.2) is 22.1 Å². The van der Waals surface area contributed by atoms with Crippen molar-refractivity contribution in [2.24, 2.45) is 7.05 Å². The van der Waals surface area contributed by atoms with E-state index >= 15 is 0 Å². The van der Waals surface area contributed by atoms with Crippen molar-refractivity contribution in [2.45, 2.75) is 53.4 Å². The van der Waals surface area contributed by atoms with E-state index in [-0.39, 0.29) is 24.7 Å². The van der Waals surface area contributed by atoms with Crippen LogP contribution in [0, 0.1) is 13.8 Å². The highest BCUT2D eigenvalue weighted by atomic mass is 16.7. The van der Waals surface area contributed by atoms with E-state index in [0.717, 1.165) is 6.54 Å². The standard InChI is InChI=1S/C16H18BO5.C8H15N2/c1-11-5-3-7-13(15(11)18)9-21-17(20)22-10-14-8-4-6-12(2)16(14)19;1-3-4-5-10-7-6-9(2)8-10/h3-8,18-19H,9-10H2,1-2H3;6-8H,3-5H2,1-2H3/q-1;+1. The molecule has 1 heterocycles. The van der Waals surface area contributed by atoms with Crippen LogP contribution < -0.4 is 9.59 Å². The van der Waals surface area contributed by atoms with Gasteiger partial charge in [-0.3, -0.25) is 0 Å². The minimum Gasteiger partial charge on any atom is -0.832 e. The number of imidazole rings is 1. The summed E-state index contributed by atoms with van der Waals surface area (Å²) in [5.74, 6) is 0.233. The fourth-order valence-electron chi connectivity index (χ4n) is 3.01. The van der Waals surface area contributed by atoms with Crippen LogP contribution in [0.4, 0.5) is 0 Å². The van der Waals surface area contributed by atoms with Crippen molar-refractivity contribution in [3.63, 3.8) is 0 Å². The minimum atomic E-state index is -1.69. The number of nitrogens with zero attached hydrogens (tertiary/aromatic N) is 2. The largest absolute Gasteiger partial charge is 0.832 e. The lowest BCUT2D eigenvalue weighted by molar-refractivity contribution is -0.671. The molecule has 32 heavy (non-hydrogen) atoms. The number of unbranched alkanes of at least 4 members (excludes halogenated alkanes) is 1. The van der Waals surface area contributed by atoms with Gasteiger partial charge in [0, 0.05) is 11.1 Å². The molecular weight excluding hydrogens is 407 g/mol. The molecule has 0 atom stereocenters. The average molecular weight is 440 g/mol. The van der Waals surface area contributed by atoms with Crippen molar-refractivity contribution in [1.29, 1.82) is 0 Å². The second kappa shape index (κ2) is 12.9. The zero-order valence-corrected chi connectivity index (χ0v) is 19.3. The highest BCUT2D eigenvalue weighted by Gasteiger charge is 2.09. The number of para-hydroxylation sites is 2. The minimum absolute atomic E-state index is 0.0402. The van der Waals surface area contributed by atoms with Crippen molar-refractivity contribution in [3.05, 3.63) is 77.4 Å². The monoisotopic (exact) mass is 440 g/mol. The number of benzene rings is 2. The van der Waals surface area contributed by atoms with Gasteiger partial charge in [0.05, 0.1) is 26.8 Å². The molecule has 0 saturated carbocycles. The first-order valence-corrected chi connectivity index (χ1v) is 10.8. The first kappa shape index (κ1) is 25.5. The number of aromatic hydroxyl groups is 2. The Morgan fingerprint density at radius 2 is 1.50 bits per heavy atom. The van der Waals surface area contributed by atoms with Gasteiger partial charge >= 0.3 is 7.32 Å². The van der Waals surface area contributed by atoms with Gasteiger partial charge in [-0.2, -0.15) is 0 Å². The van der Waals surface area contributed by atoms with Crippen molar-refractivity contribution in [2.75, 3.05) is 0 Å². The second-order valence-corrected chi connectivity index (χ2v) is 7.75. The molecular formula is C24H33BN2O5. The second-order valence-electron chi connectivity index (χ2n) is 7.75. The quantitative estimate of drug-likeness (QED) is 0.395. The van der Waals surface area contributed by atoms with E-state index < -0.39 is 7.32 Å². The fourth-order valence-corrected chi connectivity index (χ4v) is 3.01. The number of hydrogen-bond donors (Lipinski definition) is 2. The Kier molecular flexibility index (Phi) is 10.3. The van der Waals surface area contributed by atoms with Crippen molar-refractivity contribution in [3.8, 4) is 11.5 Å². The summed E-state index contributed by atoms with van der Waals surface area (Å²) in [6, 6.07) is 10.5. The van der Waals surface area contributed by atoms with E-state index in [2.05, 4.69) is 34.8 Å². The van der Waals surface area contributed by atoms with E-state index in [1.54, 1.807) is 50.2 Å². The molecule has 0 spiro atoms. The van der Waals surface area contributed by atoms with Crippen LogP contribution in [0.3, 0.4) is 0 Å². The third-order valence-corrected chi connectivity index (χ3v) is 4.99. The summed E-state index contributed by atoms with van der Waals surface area (Å²) in [5, 5.41) is 31.3. The van der Waals surface area contributed by atoms with Crippen molar-refractivity contribution >= 4 is 7.32 Å². The molecule has 7 nitrogen and oxygen atoms in total. The predicted molar refractivity (Wildman–Crippen MR) is 122 cm³/mol. The Morgan fingerprint density at radius 3 is 1.94 bits per heavy atom. The SMILES string of the molecule is CCCCn1cc[n+](C)c1.Cc1cccc(COB([O-])OCc2cccc(C)c2O)c1O. The van der Waals surface area contributed by atoms with Crippen LogP contribution in [0.1, 0.15) is 42.0 Å². The smallest absolute Gasteiger partial charge is 0.345 e. The van der Waals surface area contributed by atoms with Gasteiger partial charge in [0.1, 0.15) is 23.9 Å². The summed E-state index contributed by atoms with van der Waals surface area (Å²) in [7, 11) is 0.349. The van der Waals surface area contributed by atoms with Gasteiger partial charge in [-0.1, -0.05) is 49.7 Å². The fraction of sp³-hybridized carbons (Fsp3) is 0.375. The van der Waals surface area contributed by atoms with E-state index in [1.807, 2.05) is 7.05 Å². The molecule has 0 fully saturated rings. The summed E-state index contributed by atoms with van der Waals surface area (Å²) >= 11 is 0. The Hall–Kier alpha value is -2.81. The number of aromatic nitrogens is 2. The van der Waals surface area contributed by atoms with Crippen molar-refractivity contribution in [1.82, 2.24) is 4.57 Å². The molecule has 172 valence electrons. The van der Waals surface area contributed by atoms with E-state index in [9.17, 15) is 15.2 Å². The first-order chi connectivity index (χ1) is 15.3. The molecule has 3 rings (SSSR count). The molecule has 2 N–H and O–H groups in total. The molecule has 0 aliphatic heterocycles. The summed E-state index contributed by atoms with van der Waals surface area (Å²) in [5.41, 5.74) is 2.49. The number of phenolic OH excluding ortho intramolecular Hbond substituents is 2. The summed E-state index contributed by atoms with van der Waals surface area (Å²) in [6.45, 7) is 6.82. The van der Waals surface area contributed by atoms with E-state index in [0.29, 0.717) is 22.3 Å². The van der Waals surface area contributed by atoms with Crippen LogP contribution in [0.25, 0.3) is 0 Å². The first-order valence-electron chi connectivity index (χ1n) is 10.8. The van der Waals surface area contributed by atoms with Gasteiger partial charge in [-0.05, 0) is 31.4 Å². The maximum Gasteiger partial charge on any atom is 0.345 e. The van der Waals surface area contributed by atoms with Gasteiger partial charge in [-0.15, -0.1) is 0 Å². The highest BCUT2D eigenvalue weighted by Crippen LogP contribution is 2.23. The van der Waals surface area contributed by atoms with Crippen LogP contribution in [0.15, 0.2) is 55.1 Å². The molecule has 1 aromatic heterocycles. The topological polar surface area (TPSA) is 90.8 Å². The van der Waals surface area contributed by atoms with Crippen LogP contribution >= 0.6 is 0 Å². The maximum atomic E-state index is 11.7. The Balaban J connectivity index is 0.000000303. The lowest BCUT2D eigenvalue weighted by Gasteiger charge is -2.20. The molecule has 0 amide bonds. The van der Waals surface area contributed by atoms with Gasteiger partial charge in [0.2, 0.25) is 6.33 Å². The molecule has 0 unspecified atom stereocenters. The van der Waals surface area contributed by atoms with Gasteiger partial charge in [0.25, 0.3) is 0 Å². The lowest BCUT2D eigenvalue weighted by atomic mass is 10.1.